The quantitative estimate of drug-likeness (QED) is 0.388. The Labute approximate surface area is 125 Å². The van der Waals surface area contributed by atoms with Gasteiger partial charge in [-0.15, -0.1) is 6.58 Å². The molecule has 0 aromatic heterocycles. The van der Waals surface area contributed by atoms with E-state index in [9.17, 15) is 0 Å². The van der Waals surface area contributed by atoms with E-state index in [1.54, 1.807) is 17.8 Å². The summed E-state index contributed by atoms with van der Waals surface area (Å²) in [6, 6.07) is 2.16. The first kappa shape index (κ1) is 16.8. The molecular weight excluding hydrogens is 272 g/mol. The molecule has 1 unspecified atom stereocenters. The monoisotopic (exact) mass is 294 g/mol. The molecule has 6 heteroatoms. The van der Waals surface area contributed by atoms with E-state index in [1.165, 1.54) is 0 Å². The SMILES string of the molecule is C=CC(C/C(C#N)=C\C)OCCCCSC1=NCNN1. The highest BCUT2D eigenvalue weighted by molar-refractivity contribution is 8.13. The van der Waals surface area contributed by atoms with Crippen LogP contribution in [-0.4, -0.2) is 30.3 Å². The third kappa shape index (κ3) is 6.75. The summed E-state index contributed by atoms with van der Waals surface area (Å²) in [7, 11) is 0. The van der Waals surface area contributed by atoms with Gasteiger partial charge < -0.3 is 4.74 Å². The first-order valence-corrected chi connectivity index (χ1v) is 7.74. The van der Waals surface area contributed by atoms with Crippen LogP contribution in [0.25, 0.3) is 0 Å². The highest BCUT2D eigenvalue weighted by Crippen LogP contribution is 2.11. The zero-order chi connectivity index (χ0) is 14.6. The molecule has 0 bridgehead atoms. The number of nitrogens with one attached hydrogen (secondary N) is 2. The highest BCUT2D eigenvalue weighted by atomic mass is 32.2. The van der Waals surface area contributed by atoms with E-state index in [-0.39, 0.29) is 6.10 Å². The van der Waals surface area contributed by atoms with Gasteiger partial charge in [-0.1, -0.05) is 23.9 Å². The van der Waals surface area contributed by atoms with Gasteiger partial charge in [0.15, 0.2) is 5.17 Å². The zero-order valence-corrected chi connectivity index (χ0v) is 12.7. The van der Waals surface area contributed by atoms with Gasteiger partial charge in [-0.2, -0.15) is 5.26 Å². The van der Waals surface area contributed by atoms with Crippen molar-refractivity contribution in [1.82, 2.24) is 10.9 Å². The lowest BCUT2D eigenvalue weighted by Crippen LogP contribution is -2.27. The molecule has 0 aliphatic carbocycles. The first-order chi connectivity index (χ1) is 9.80. The number of hydrogen-bond acceptors (Lipinski definition) is 6. The van der Waals surface area contributed by atoms with Crippen LogP contribution in [0.1, 0.15) is 26.2 Å². The molecule has 0 aromatic carbocycles. The minimum atomic E-state index is -0.0708. The Kier molecular flexibility index (Phi) is 8.79. The number of rotatable bonds is 9. The minimum absolute atomic E-state index is 0.0708. The van der Waals surface area contributed by atoms with Crippen LogP contribution in [0.2, 0.25) is 0 Å². The van der Waals surface area contributed by atoms with Gasteiger partial charge in [0.05, 0.1) is 12.2 Å². The Morgan fingerprint density at radius 1 is 1.65 bits per heavy atom. The molecule has 0 saturated heterocycles. The van der Waals surface area contributed by atoms with Crippen molar-refractivity contribution in [2.45, 2.75) is 32.3 Å². The number of unbranched alkanes of at least 4 members (excludes halogenated alkanes) is 1. The summed E-state index contributed by atoms with van der Waals surface area (Å²) in [5.41, 5.74) is 6.66. The summed E-state index contributed by atoms with van der Waals surface area (Å²) in [4.78, 5) is 4.22. The summed E-state index contributed by atoms with van der Waals surface area (Å²) in [6.07, 6.45) is 6.19. The van der Waals surface area contributed by atoms with E-state index in [4.69, 9.17) is 10.00 Å². The maximum atomic E-state index is 8.88. The minimum Gasteiger partial charge on any atom is -0.374 e. The molecule has 1 atom stereocenters. The summed E-state index contributed by atoms with van der Waals surface area (Å²) >= 11 is 1.72. The van der Waals surface area contributed by atoms with Crippen molar-refractivity contribution in [3.63, 3.8) is 0 Å². The molecule has 0 amide bonds. The third-order valence-electron chi connectivity index (χ3n) is 2.78. The Hall–Kier alpha value is -1.29. The fourth-order valence-corrected chi connectivity index (χ4v) is 2.45. The van der Waals surface area contributed by atoms with Crippen LogP contribution in [0.5, 0.6) is 0 Å². The van der Waals surface area contributed by atoms with Crippen molar-refractivity contribution >= 4 is 16.9 Å². The maximum Gasteiger partial charge on any atom is 0.172 e. The van der Waals surface area contributed by atoms with Gasteiger partial charge in [0.25, 0.3) is 0 Å². The van der Waals surface area contributed by atoms with Gasteiger partial charge in [-0.05, 0) is 19.8 Å². The summed E-state index contributed by atoms with van der Waals surface area (Å²) < 4.78 is 5.72. The van der Waals surface area contributed by atoms with Crippen molar-refractivity contribution in [1.29, 1.82) is 5.26 Å². The molecule has 1 aliphatic rings. The third-order valence-corrected chi connectivity index (χ3v) is 3.78. The largest absolute Gasteiger partial charge is 0.374 e. The van der Waals surface area contributed by atoms with Gasteiger partial charge in [-0.25, -0.2) is 10.4 Å². The number of aliphatic imine (C=N–C) groups is 1. The van der Waals surface area contributed by atoms with Crippen molar-refractivity contribution in [2.75, 3.05) is 19.0 Å². The molecule has 0 aromatic rings. The van der Waals surface area contributed by atoms with Crippen LogP contribution < -0.4 is 10.9 Å². The van der Waals surface area contributed by atoms with Gasteiger partial charge >= 0.3 is 0 Å². The van der Waals surface area contributed by atoms with Gasteiger partial charge in [0.1, 0.15) is 6.67 Å². The number of hydrogen-bond donors (Lipinski definition) is 2. The van der Waals surface area contributed by atoms with Crippen LogP contribution in [-0.2, 0) is 4.74 Å². The topological polar surface area (TPSA) is 69.4 Å². The molecule has 0 radical (unpaired) electrons. The number of hydrazine groups is 1. The van der Waals surface area contributed by atoms with Crippen LogP contribution >= 0.6 is 11.8 Å². The second-order valence-electron chi connectivity index (χ2n) is 4.25. The summed E-state index contributed by atoms with van der Waals surface area (Å²) in [5, 5.41) is 9.84. The fourth-order valence-electron chi connectivity index (χ4n) is 1.61. The van der Waals surface area contributed by atoms with Crippen molar-refractivity contribution in [3.05, 3.63) is 24.3 Å². The van der Waals surface area contributed by atoms with Crippen molar-refractivity contribution in [3.8, 4) is 6.07 Å². The number of nitrogens with zero attached hydrogens (tertiary/aromatic N) is 2. The Balaban J connectivity index is 2.06. The fraction of sp³-hybridized carbons (Fsp3) is 0.571. The molecular formula is C14H22N4OS. The molecule has 5 nitrogen and oxygen atoms in total. The van der Waals surface area contributed by atoms with E-state index in [0.717, 1.165) is 29.3 Å². The molecule has 0 spiro atoms. The lowest BCUT2D eigenvalue weighted by molar-refractivity contribution is 0.0842. The molecule has 1 aliphatic heterocycles. The lowest BCUT2D eigenvalue weighted by Gasteiger charge is -2.13. The van der Waals surface area contributed by atoms with Crippen molar-refractivity contribution < 1.29 is 4.74 Å². The average Bonchev–Trinajstić information content (AvgIpc) is 2.99. The molecule has 0 fully saturated rings. The van der Waals surface area contributed by atoms with Crippen LogP contribution in [0.3, 0.4) is 0 Å². The van der Waals surface area contributed by atoms with E-state index < -0.39 is 0 Å². The molecule has 2 N–H and O–H groups in total. The summed E-state index contributed by atoms with van der Waals surface area (Å²) in [5.74, 6) is 1.02. The van der Waals surface area contributed by atoms with E-state index in [2.05, 4.69) is 28.5 Å². The second-order valence-corrected chi connectivity index (χ2v) is 5.34. The average molecular weight is 294 g/mol. The first-order valence-electron chi connectivity index (χ1n) is 6.75. The van der Waals surface area contributed by atoms with Crippen molar-refractivity contribution in [2.24, 2.45) is 4.99 Å². The van der Waals surface area contributed by atoms with E-state index in [0.29, 0.717) is 19.7 Å². The van der Waals surface area contributed by atoms with Gasteiger partial charge in [-0.3, -0.25) is 5.43 Å². The highest BCUT2D eigenvalue weighted by Gasteiger charge is 2.07. The van der Waals surface area contributed by atoms with Crippen LogP contribution in [0.4, 0.5) is 0 Å². The number of allylic oxidation sites excluding steroid dienone is 1. The maximum absolute atomic E-state index is 8.88. The van der Waals surface area contributed by atoms with Gasteiger partial charge in [0, 0.05) is 24.4 Å². The van der Waals surface area contributed by atoms with Gasteiger partial charge in [0.2, 0.25) is 0 Å². The summed E-state index contributed by atoms with van der Waals surface area (Å²) in [6.45, 7) is 6.96. The molecule has 0 saturated carbocycles. The Bertz CT molecular complexity index is 400. The molecule has 20 heavy (non-hydrogen) atoms. The number of nitriles is 1. The predicted octanol–water partition coefficient (Wildman–Crippen LogP) is 2.35. The zero-order valence-electron chi connectivity index (χ0n) is 11.9. The Morgan fingerprint density at radius 3 is 3.10 bits per heavy atom. The normalized spacial score (nSPS) is 16.2. The van der Waals surface area contributed by atoms with E-state index >= 15 is 0 Å². The number of amidine groups is 1. The van der Waals surface area contributed by atoms with Crippen LogP contribution in [0.15, 0.2) is 29.3 Å². The smallest absolute Gasteiger partial charge is 0.172 e. The molecule has 1 rings (SSSR count). The lowest BCUT2D eigenvalue weighted by atomic mass is 10.1. The van der Waals surface area contributed by atoms with E-state index in [1.807, 2.05) is 13.0 Å². The predicted molar refractivity (Wildman–Crippen MR) is 84.2 cm³/mol. The van der Waals surface area contributed by atoms with Crippen LogP contribution in [0, 0.1) is 11.3 Å². The standard InChI is InChI=1S/C14H22N4OS/c1-3-12(10-15)9-13(4-2)19-7-5-6-8-20-14-16-11-17-18-14/h3-4,13,17H,2,5-9,11H2,1H3,(H,16,18)/b12-3+. The molecule has 110 valence electrons. The Morgan fingerprint density at radius 2 is 2.50 bits per heavy atom. The second kappa shape index (κ2) is 10.5. The molecule has 1 heterocycles. The number of thioether (sulfide) groups is 1. The number of ether oxygens (including phenoxy) is 1.